The molecule has 0 aliphatic carbocycles. The van der Waals surface area contributed by atoms with E-state index in [0.29, 0.717) is 18.4 Å². The zero-order valence-corrected chi connectivity index (χ0v) is 21.4. The van der Waals surface area contributed by atoms with Gasteiger partial charge in [-0.3, -0.25) is 4.90 Å². The topological polar surface area (TPSA) is 148 Å². The van der Waals surface area contributed by atoms with E-state index in [1.54, 1.807) is 25.4 Å². The number of hydrogen-bond donors (Lipinski definition) is 6. The highest BCUT2D eigenvalue weighted by molar-refractivity contribution is 5.16. The van der Waals surface area contributed by atoms with Gasteiger partial charge in [0.05, 0.1) is 18.9 Å². The molecule has 0 amide bonds. The molecular weight excluding hydrogens is 457 g/mol. The van der Waals surface area contributed by atoms with Crippen LogP contribution in [0.5, 0.6) is 0 Å². The second kappa shape index (κ2) is 17.1. The molecule has 1 aromatic heterocycles. The summed E-state index contributed by atoms with van der Waals surface area (Å²) in [4.78, 5) is 5.75. The Balaban J connectivity index is 0.000000285. The van der Waals surface area contributed by atoms with Gasteiger partial charge >= 0.3 is 0 Å². The maximum atomic E-state index is 12.6. The molecule has 1 aromatic carbocycles. The van der Waals surface area contributed by atoms with E-state index < -0.39 is 12.1 Å². The summed E-state index contributed by atoms with van der Waals surface area (Å²) in [5, 5.41) is 7.62. The number of likely N-dealkylation sites (N-methyl/N-ethyl adjacent to an activating group) is 1. The van der Waals surface area contributed by atoms with Crippen LogP contribution in [0.15, 0.2) is 85.6 Å². The first kappa shape index (κ1) is 30.6. The molecule has 2 aromatic rings. The van der Waals surface area contributed by atoms with Crippen LogP contribution < -0.4 is 33.7 Å². The van der Waals surface area contributed by atoms with Crippen LogP contribution in [0.25, 0.3) is 0 Å². The van der Waals surface area contributed by atoms with Crippen LogP contribution in [0, 0.1) is 5.95 Å². The summed E-state index contributed by atoms with van der Waals surface area (Å²) in [6.07, 6.45) is 6.38. The Morgan fingerprint density at radius 3 is 2.47 bits per heavy atom. The van der Waals surface area contributed by atoms with Crippen molar-refractivity contribution in [3.8, 4) is 0 Å². The molecule has 0 radical (unpaired) electrons. The van der Waals surface area contributed by atoms with E-state index >= 15 is 0 Å². The number of nitrogens with one attached hydrogen (secondary N) is 2. The lowest BCUT2D eigenvalue weighted by atomic mass is 10.1. The molecule has 1 aliphatic rings. The Labute approximate surface area is 214 Å². The van der Waals surface area contributed by atoms with E-state index in [4.69, 9.17) is 23.0 Å². The summed E-state index contributed by atoms with van der Waals surface area (Å²) in [5.74, 6) is 5.36. The minimum atomic E-state index is -0.784. The van der Waals surface area contributed by atoms with Gasteiger partial charge in [0.15, 0.2) is 0 Å². The molecule has 1 atom stereocenters. The molecule has 0 bridgehead atoms. The highest BCUT2D eigenvalue weighted by Crippen LogP contribution is 2.19. The Morgan fingerprint density at radius 2 is 1.97 bits per heavy atom. The fourth-order valence-corrected chi connectivity index (χ4v) is 3.37. The molecule has 1 fully saturated rings. The number of nitrogens with zero attached hydrogens (tertiary/aromatic N) is 3. The van der Waals surface area contributed by atoms with Crippen LogP contribution in [0.2, 0.25) is 0 Å². The fraction of sp³-hybridized carbons (Fsp3) is 0.346. The average Bonchev–Trinajstić information content (AvgIpc) is 3.30. The van der Waals surface area contributed by atoms with E-state index in [0.717, 1.165) is 12.2 Å². The summed E-state index contributed by atoms with van der Waals surface area (Å²) in [6.45, 7) is 10.3. The monoisotopic (exact) mass is 499 g/mol. The highest BCUT2D eigenvalue weighted by atomic mass is 19.1. The number of likely N-dealkylation sites (tertiary alicyclic amines) is 1. The van der Waals surface area contributed by atoms with Crippen LogP contribution in [0.1, 0.15) is 30.1 Å². The number of aromatic nitrogens is 1. The fourth-order valence-electron chi connectivity index (χ4n) is 3.37. The molecule has 1 unspecified atom stereocenters. The summed E-state index contributed by atoms with van der Waals surface area (Å²) < 4.78 is 12.6. The van der Waals surface area contributed by atoms with Crippen molar-refractivity contribution < 1.29 is 4.39 Å². The summed E-state index contributed by atoms with van der Waals surface area (Å²) in [6, 6.07) is 14.1. The van der Waals surface area contributed by atoms with Gasteiger partial charge < -0.3 is 32.8 Å². The molecule has 0 saturated carbocycles. The van der Waals surface area contributed by atoms with Gasteiger partial charge in [0.25, 0.3) is 0 Å². The van der Waals surface area contributed by atoms with Gasteiger partial charge in [0.2, 0.25) is 5.95 Å². The lowest BCUT2D eigenvalue weighted by Gasteiger charge is -2.22. The lowest BCUT2D eigenvalue weighted by Crippen LogP contribution is -2.32. The zero-order valence-electron chi connectivity index (χ0n) is 21.4. The normalized spacial score (nSPS) is 15.2. The lowest BCUT2D eigenvalue weighted by molar-refractivity contribution is 0.334. The van der Waals surface area contributed by atoms with Crippen molar-refractivity contribution in [3.63, 3.8) is 0 Å². The minimum Gasteiger partial charge on any atom is -0.384 e. The third kappa shape index (κ3) is 11.8. The molecule has 1 saturated heterocycles. The predicted molar refractivity (Wildman–Crippen MR) is 146 cm³/mol. The van der Waals surface area contributed by atoms with Crippen molar-refractivity contribution in [2.24, 2.45) is 23.0 Å². The molecule has 9 nitrogen and oxygen atoms in total. The minimum absolute atomic E-state index is 0.238. The molecule has 198 valence electrons. The first-order valence-corrected chi connectivity index (χ1v) is 11.7. The van der Waals surface area contributed by atoms with Crippen molar-refractivity contribution in [1.82, 2.24) is 25.5 Å². The van der Waals surface area contributed by atoms with Gasteiger partial charge in [0.1, 0.15) is 5.82 Å². The smallest absolute Gasteiger partial charge is 0.218 e. The molecular formula is C26H42FN9. The van der Waals surface area contributed by atoms with Crippen LogP contribution in [-0.4, -0.2) is 48.1 Å². The van der Waals surface area contributed by atoms with Gasteiger partial charge in [-0.15, -0.1) is 6.58 Å². The third-order valence-corrected chi connectivity index (χ3v) is 5.37. The number of hydrogen-bond acceptors (Lipinski definition) is 9. The van der Waals surface area contributed by atoms with Crippen molar-refractivity contribution >= 4 is 0 Å². The Morgan fingerprint density at radius 1 is 1.28 bits per heavy atom. The summed E-state index contributed by atoms with van der Waals surface area (Å²) in [5.41, 5.74) is 18.5. The summed E-state index contributed by atoms with van der Waals surface area (Å²) >= 11 is 0. The van der Waals surface area contributed by atoms with Gasteiger partial charge in [0, 0.05) is 37.1 Å². The van der Waals surface area contributed by atoms with E-state index in [-0.39, 0.29) is 5.56 Å². The number of rotatable bonds is 9. The van der Waals surface area contributed by atoms with E-state index in [1.165, 1.54) is 42.2 Å². The van der Waals surface area contributed by atoms with E-state index in [1.807, 2.05) is 6.07 Å². The molecule has 1 aliphatic heterocycles. The molecule has 3 rings (SSSR count). The number of pyridine rings is 1. The van der Waals surface area contributed by atoms with Crippen molar-refractivity contribution in [2.45, 2.75) is 31.6 Å². The third-order valence-electron chi connectivity index (χ3n) is 5.37. The number of halogens is 1. The second-order valence-electron chi connectivity index (χ2n) is 8.23. The first-order chi connectivity index (χ1) is 17.2. The number of benzene rings is 1. The van der Waals surface area contributed by atoms with Crippen LogP contribution in [-0.2, 0) is 6.54 Å². The molecule has 10 heteroatoms. The first-order valence-electron chi connectivity index (χ1n) is 11.7. The highest BCUT2D eigenvalue weighted by Gasteiger charge is 2.22. The van der Waals surface area contributed by atoms with Gasteiger partial charge in [-0.2, -0.15) is 4.39 Å². The number of hydrazine groups is 1. The SMILES string of the molecule is C=C(NCc1ccccc1)C1CCCN1C.C=CCN(N)/C=C(\N)NC.NC(N)c1cccnc1F. The van der Waals surface area contributed by atoms with Gasteiger partial charge in [-0.25, -0.2) is 10.8 Å². The molecule has 0 spiro atoms. The summed E-state index contributed by atoms with van der Waals surface area (Å²) in [7, 11) is 3.90. The Bertz CT molecular complexity index is 934. The molecule has 2 heterocycles. The molecule has 10 N–H and O–H groups in total. The maximum Gasteiger partial charge on any atom is 0.218 e. The van der Waals surface area contributed by atoms with Crippen molar-refractivity contribution in [1.29, 1.82) is 0 Å². The Hall–Kier alpha value is -3.44. The van der Waals surface area contributed by atoms with Crippen molar-refractivity contribution in [3.05, 3.63) is 103 Å². The quantitative estimate of drug-likeness (QED) is 0.0999. The van der Waals surface area contributed by atoms with Gasteiger partial charge in [-0.1, -0.05) is 49.1 Å². The average molecular weight is 500 g/mol. The van der Waals surface area contributed by atoms with E-state index in [9.17, 15) is 4.39 Å². The van der Waals surface area contributed by atoms with Crippen LogP contribution in [0.4, 0.5) is 4.39 Å². The van der Waals surface area contributed by atoms with E-state index in [2.05, 4.69) is 65.0 Å². The standard InChI is InChI=1S/C14H20N2.C6H8FN3.C6H14N4/c1-12(14-9-6-10-16(14)2)15-11-13-7-4-3-5-8-13;7-5-4(6(8)9)2-1-3-10-5;1-3-4-10(8)5-6(7)9-2/h3-5,7-8,14-15H,1,6,9-11H2,2H3;1-3,6H,8-9H2;3,5,9H,1,4,7-8H2,2H3/b;;6-5+. The predicted octanol–water partition coefficient (Wildman–Crippen LogP) is 1.85. The van der Waals surface area contributed by atoms with Crippen LogP contribution >= 0.6 is 0 Å². The maximum absolute atomic E-state index is 12.6. The van der Waals surface area contributed by atoms with Gasteiger partial charge in [-0.05, 0) is 38.1 Å². The zero-order chi connectivity index (χ0) is 26.9. The van der Waals surface area contributed by atoms with Crippen molar-refractivity contribution in [2.75, 3.05) is 27.2 Å². The largest absolute Gasteiger partial charge is 0.384 e. The van der Waals surface area contributed by atoms with Crippen LogP contribution in [0.3, 0.4) is 0 Å². The molecule has 36 heavy (non-hydrogen) atoms. The second-order valence-corrected chi connectivity index (χ2v) is 8.23. The number of nitrogens with two attached hydrogens (primary N) is 4. The Kier molecular flexibility index (Phi) is 14.5.